The van der Waals surface area contributed by atoms with E-state index in [9.17, 15) is 0 Å². The summed E-state index contributed by atoms with van der Waals surface area (Å²) in [7, 11) is 0. The zero-order valence-corrected chi connectivity index (χ0v) is 13.1. The highest BCUT2D eigenvalue weighted by molar-refractivity contribution is 14.1. The summed E-state index contributed by atoms with van der Waals surface area (Å²) in [6.45, 7) is 4.43. The fraction of sp³-hybridized carbons (Fsp3) is 0.357. The van der Waals surface area contributed by atoms with Crippen LogP contribution in [0.25, 0.3) is 5.69 Å². The summed E-state index contributed by atoms with van der Waals surface area (Å²) in [6.07, 6.45) is 4.76. The average Bonchev–Trinajstić information content (AvgIpc) is 2.87. The standard InChI is InChI=1S/C14H18IN3O/c1-2-19-10-4-7-16-14-17-8-9-18(14)13-6-3-5-12(15)11-13/h3,5-6,8-9,11H,2,4,7,10H2,1H3,(H,16,17). The highest BCUT2D eigenvalue weighted by Crippen LogP contribution is 2.16. The number of aromatic nitrogens is 2. The van der Waals surface area contributed by atoms with Gasteiger partial charge in [-0.05, 0) is 54.1 Å². The zero-order chi connectivity index (χ0) is 13.5. The quantitative estimate of drug-likeness (QED) is 0.600. The van der Waals surface area contributed by atoms with Crippen molar-refractivity contribution in [2.45, 2.75) is 13.3 Å². The number of hydrogen-bond donors (Lipinski definition) is 1. The molecule has 19 heavy (non-hydrogen) atoms. The second-order valence-corrected chi connectivity index (χ2v) is 5.32. The van der Waals surface area contributed by atoms with Crippen molar-refractivity contribution in [1.29, 1.82) is 0 Å². The molecule has 0 fully saturated rings. The summed E-state index contributed by atoms with van der Waals surface area (Å²) in [5.74, 6) is 0.874. The minimum absolute atomic E-state index is 0.775. The molecule has 0 saturated carbocycles. The van der Waals surface area contributed by atoms with Gasteiger partial charge >= 0.3 is 0 Å². The van der Waals surface area contributed by atoms with Crippen LogP contribution in [0.1, 0.15) is 13.3 Å². The third-order valence-corrected chi connectivity index (χ3v) is 3.35. The van der Waals surface area contributed by atoms with E-state index in [0.29, 0.717) is 0 Å². The van der Waals surface area contributed by atoms with Gasteiger partial charge in [-0.25, -0.2) is 4.98 Å². The lowest BCUT2D eigenvalue weighted by molar-refractivity contribution is 0.147. The molecule has 2 rings (SSSR count). The van der Waals surface area contributed by atoms with Gasteiger partial charge in [0.25, 0.3) is 0 Å². The maximum Gasteiger partial charge on any atom is 0.207 e. The number of nitrogens with zero attached hydrogens (tertiary/aromatic N) is 2. The third-order valence-electron chi connectivity index (χ3n) is 2.68. The maximum absolute atomic E-state index is 5.32. The molecule has 0 atom stereocenters. The second kappa shape index (κ2) is 7.49. The third kappa shape index (κ3) is 4.21. The van der Waals surface area contributed by atoms with Gasteiger partial charge in [-0.15, -0.1) is 0 Å². The molecule has 1 aromatic heterocycles. The van der Waals surface area contributed by atoms with Crippen molar-refractivity contribution in [3.05, 3.63) is 40.2 Å². The number of imidazole rings is 1. The van der Waals surface area contributed by atoms with Crippen molar-refractivity contribution in [3.8, 4) is 5.69 Å². The maximum atomic E-state index is 5.32. The van der Waals surface area contributed by atoms with Crippen molar-refractivity contribution < 1.29 is 4.74 Å². The molecule has 4 nitrogen and oxygen atoms in total. The number of anilines is 1. The topological polar surface area (TPSA) is 39.1 Å². The van der Waals surface area contributed by atoms with Gasteiger partial charge in [0.1, 0.15) is 0 Å². The first-order chi connectivity index (χ1) is 9.31. The molecule has 5 heteroatoms. The Balaban J connectivity index is 1.98. The predicted molar refractivity (Wildman–Crippen MR) is 85.9 cm³/mol. The highest BCUT2D eigenvalue weighted by atomic mass is 127. The first-order valence-electron chi connectivity index (χ1n) is 6.42. The molecular formula is C14H18IN3O. The molecular weight excluding hydrogens is 353 g/mol. The van der Waals surface area contributed by atoms with Gasteiger partial charge in [-0.1, -0.05) is 6.07 Å². The Morgan fingerprint density at radius 1 is 1.42 bits per heavy atom. The number of ether oxygens (including phenoxy) is 1. The Morgan fingerprint density at radius 2 is 2.32 bits per heavy atom. The Bertz CT molecular complexity index is 513. The molecule has 0 amide bonds. The number of halogens is 1. The van der Waals surface area contributed by atoms with E-state index in [1.807, 2.05) is 19.3 Å². The average molecular weight is 371 g/mol. The van der Waals surface area contributed by atoms with Crippen LogP contribution in [0.2, 0.25) is 0 Å². The van der Waals surface area contributed by atoms with Gasteiger partial charge in [0, 0.05) is 41.4 Å². The summed E-state index contributed by atoms with van der Waals surface area (Å²) < 4.78 is 8.59. The summed E-state index contributed by atoms with van der Waals surface area (Å²) >= 11 is 2.32. The van der Waals surface area contributed by atoms with Crippen LogP contribution in [0.3, 0.4) is 0 Å². The van der Waals surface area contributed by atoms with E-state index < -0.39 is 0 Å². The van der Waals surface area contributed by atoms with Crippen LogP contribution >= 0.6 is 22.6 Å². The monoisotopic (exact) mass is 371 g/mol. The van der Waals surface area contributed by atoms with Gasteiger partial charge in [-0.3, -0.25) is 4.57 Å². The van der Waals surface area contributed by atoms with Gasteiger partial charge in [0.05, 0.1) is 0 Å². The first kappa shape index (κ1) is 14.3. The molecule has 0 unspecified atom stereocenters. The van der Waals surface area contributed by atoms with E-state index in [1.165, 1.54) is 3.57 Å². The van der Waals surface area contributed by atoms with Crippen molar-refractivity contribution in [2.24, 2.45) is 0 Å². The van der Waals surface area contributed by atoms with E-state index in [4.69, 9.17) is 4.74 Å². The summed E-state index contributed by atoms with van der Waals surface area (Å²) in [5.41, 5.74) is 1.12. The fourth-order valence-electron chi connectivity index (χ4n) is 1.79. The summed E-state index contributed by atoms with van der Waals surface area (Å²) in [4.78, 5) is 4.35. The van der Waals surface area contributed by atoms with Crippen molar-refractivity contribution in [3.63, 3.8) is 0 Å². The largest absolute Gasteiger partial charge is 0.382 e. The lowest BCUT2D eigenvalue weighted by Gasteiger charge is -2.10. The Kier molecular flexibility index (Phi) is 5.65. The van der Waals surface area contributed by atoms with Gasteiger partial charge < -0.3 is 10.1 Å². The van der Waals surface area contributed by atoms with Crippen molar-refractivity contribution in [1.82, 2.24) is 9.55 Å². The molecule has 0 aliphatic rings. The highest BCUT2D eigenvalue weighted by Gasteiger charge is 2.04. The lowest BCUT2D eigenvalue weighted by atomic mass is 10.3. The van der Waals surface area contributed by atoms with E-state index >= 15 is 0 Å². The smallest absolute Gasteiger partial charge is 0.207 e. The lowest BCUT2D eigenvalue weighted by Crippen LogP contribution is -2.09. The van der Waals surface area contributed by atoms with Crippen LogP contribution in [0.5, 0.6) is 0 Å². The van der Waals surface area contributed by atoms with Crippen LogP contribution in [0.4, 0.5) is 5.95 Å². The fourth-order valence-corrected chi connectivity index (χ4v) is 2.31. The summed E-state index contributed by atoms with van der Waals surface area (Å²) in [5, 5.41) is 3.34. The Labute approximate surface area is 127 Å². The normalized spacial score (nSPS) is 10.6. The van der Waals surface area contributed by atoms with E-state index in [0.717, 1.165) is 37.8 Å². The van der Waals surface area contributed by atoms with Crippen molar-refractivity contribution in [2.75, 3.05) is 25.1 Å². The SMILES string of the molecule is CCOCCCNc1nccn1-c1cccc(I)c1. The molecule has 1 heterocycles. The van der Waals surface area contributed by atoms with Gasteiger partial charge in [-0.2, -0.15) is 0 Å². The number of benzene rings is 1. The zero-order valence-electron chi connectivity index (χ0n) is 11.0. The number of nitrogens with one attached hydrogen (secondary N) is 1. The molecule has 1 N–H and O–H groups in total. The molecule has 0 spiro atoms. The van der Waals surface area contributed by atoms with E-state index in [1.54, 1.807) is 0 Å². The predicted octanol–water partition coefficient (Wildman–Crippen LogP) is 3.32. The van der Waals surface area contributed by atoms with Crippen molar-refractivity contribution >= 4 is 28.5 Å². The van der Waals surface area contributed by atoms with Gasteiger partial charge in [0.2, 0.25) is 5.95 Å². The minimum atomic E-state index is 0.775. The van der Waals surface area contributed by atoms with E-state index in [2.05, 4.69) is 61.7 Å². The second-order valence-electron chi connectivity index (χ2n) is 4.08. The number of rotatable bonds is 7. The van der Waals surface area contributed by atoms with Crippen LogP contribution in [-0.4, -0.2) is 29.3 Å². The molecule has 0 radical (unpaired) electrons. The molecule has 2 aromatic rings. The van der Waals surface area contributed by atoms with E-state index in [-0.39, 0.29) is 0 Å². The molecule has 1 aromatic carbocycles. The number of hydrogen-bond acceptors (Lipinski definition) is 3. The Morgan fingerprint density at radius 3 is 3.11 bits per heavy atom. The first-order valence-corrected chi connectivity index (χ1v) is 7.50. The molecule has 0 saturated heterocycles. The molecule has 0 bridgehead atoms. The molecule has 102 valence electrons. The van der Waals surface area contributed by atoms with Gasteiger partial charge in [0.15, 0.2) is 0 Å². The molecule has 0 aliphatic carbocycles. The van der Waals surface area contributed by atoms with Crippen LogP contribution in [0.15, 0.2) is 36.7 Å². The summed E-state index contributed by atoms with van der Waals surface area (Å²) in [6, 6.07) is 8.34. The van der Waals surface area contributed by atoms with Crippen LogP contribution in [0, 0.1) is 3.57 Å². The molecule has 0 aliphatic heterocycles. The van der Waals surface area contributed by atoms with Crippen LogP contribution < -0.4 is 5.32 Å². The minimum Gasteiger partial charge on any atom is -0.382 e. The Hall–Kier alpha value is -1.08. The van der Waals surface area contributed by atoms with Crippen LogP contribution in [-0.2, 0) is 4.74 Å².